The van der Waals surface area contributed by atoms with Crippen molar-refractivity contribution in [1.29, 1.82) is 0 Å². The van der Waals surface area contributed by atoms with Crippen molar-refractivity contribution in [1.82, 2.24) is 4.98 Å². The molecule has 2 N–H and O–H groups in total. The lowest BCUT2D eigenvalue weighted by molar-refractivity contribution is -0.116. The Kier molecular flexibility index (Phi) is 8.03. The fourth-order valence-corrected chi connectivity index (χ4v) is 3.88. The Morgan fingerprint density at radius 3 is 2.23 bits per heavy atom. The maximum absolute atomic E-state index is 13.0. The van der Waals surface area contributed by atoms with Crippen molar-refractivity contribution in [2.24, 2.45) is 0 Å². The largest absolute Gasteiger partial charge is 0.326 e. The average Bonchev–Trinajstić information content (AvgIpc) is 2.78. The van der Waals surface area contributed by atoms with E-state index in [1.807, 2.05) is 54.6 Å². The van der Waals surface area contributed by atoms with Gasteiger partial charge in [0.15, 0.2) is 0 Å². The molecule has 0 radical (unpaired) electrons. The number of benzene rings is 2. The van der Waals surface area contributed by atoms with Crippen molar-refractivity contribution in [2.75, 3.05) is 10.6 Å². The summed E-state index contributed by atoms with van der Waals surface area (Å²) in [5.74, 6) is -0.0783. The van der Waals surface area contributed by atoms with Crippen molar-refractivity contribution < 1.29 is 9.59 Å². The molecule has 2 aromatic carbocycles. The molecule has 1 atom stereocenters. The lowest BCUT2D eigenvalue weighted by atomic mass is 10.1. The fourth-order valence-electron chi connectivity index (χ4n) is 2.86. The molecule has 5 nitrogen and oxygen atoms in total. The molecule has 0 fully saturated rings. The Hall–Kier alpha value is -3.12. The molecule has 0 saturated heterocycles. The van der Waals surface area contributed by atoms with Crippen LogP contribution in [0, 0.1) is 0 Å². The minimum atomic E-state index is -0.413. The van der Waals surface area contributed by atoms with Gasteiger partial charge in [-0.25, -0.2) is 0 Å². The maximum Gasteiger partial charge on any atom is 0.242 e. The maximum atomic E-state index is 13.0. The van der Waals surface area contributed by atoms with Crippen molar-refractivity contribution in [3.63, 3.8) is 0 Å². The first-order chi connectivity index (χ1) is 14.7. The van der Waals surface area contributed by atoms with E-state index in [0.29, 0.717) is 12.1 Å². The summed E-state index contributed by atoms with van der Waals surface area (Å²) in [4.78, 5) is 29.9. The van der Waals surface area contributed by atoms with E-state index in [9.17, 15) is 9.59 Å². The predicted molar refractivity (Wildman–Crippen MR) is 123 cm³/mol. The number of hydrogen-bond donors (Lipinski definition) is 2. The van der Waals surface area contributed by atoms with Crippen LogP contribution in [0.15, 0.2) is 84.0 Å². The molecule has 154 valence electrons. The molecule has 0 aliphatic rings. The van der Waals surface area contributed by atoms with Crippen LogP contribution in [0.2, 0.25) is 0 Å². The monoisotopic (exact) mass is 419 g/mol. The summed E-state index contributed by atoms with van der Waals surface area (Å²) < 4.78 is 0. The average molecular weight is 420 g/mol. The van der Waals surface area contributed by atoms with E-state index in [1.165, 1.54) is 11.8 Å². The second kappa shape index (κ2) is 11.2. The smallest absolute Gasteiger partial charge is 0.242 e. The van der Waals surface area contributed by atoms with Crippen LogP contribution in [0.25, 0.3) is 0 Å². The lowest BCUT2D eigenvalue weighted by Gasteiger charge is -2.17. The topological polar surface area (TPSA) is 71.1 Å². The van der Waals surface area contributed by atoms with Crippen molar-refractivity contribution in [3.8, 4) is 0 Å². The Labute approximate surface area is 181 Å². The van der Waals surface area contributed by atoms with Crippen LogP contribution in [-0.2, 0) is 9.59 Å². The van der Waals surface area contributed by atoms with E-state index in [2.05, 4.69) is 22.5 Å². The van der Waals surface area contributed by atoms with Gasteiger partial charge in [0, 0.05) is 35.1 Å². The summed E-state index contributed by atoms with van der Waals surface area (Å²) in [6.07, 6.45) is 5.69. The molecule has 3 aromatic rings. The van der Waals surface area contributed by atoms with Crippen LogP contribution in [-0.4, -0.2) is 16.8 Å². The first kappa shape index (κ1) is 21.6. The molecule has 1 unspecified atom stereocenters. The molecule has 0 bridgehead atoms. The predicted octanol–water partition coefficient (Wildman–Crippen LogP) is 5.68. The number of carbonyl (C=O) groups is 2. The second-order valence-electron chi connectivity index (χ2n) is 6.81. The van der Waals surface area contributed by atoms with Gasteiger partial charge in [0.25, 0.3) is 0 Å². The first-order valence-corrected chi connectivity index (χ1v) is 10.9. The third kappa shape index (κ3) is 6.46. The first-order valence-electron chi connectivity index (χ1n) is 9.98. The molecule has 0 aliphatic carbocycles. The van der Waals surface area contributed by atoms with E-state index < -0.39 is 5.25 Å². The highest BCUT2D eigenvalue weighted by Gasteiger charge is 2.22. The van der Waals surface area contributed by atoms with E-state index in [4.69, 9.17) is 0 Å². The molecule has 1 aromatic heterocycles. The highest BCUT2D eigenvalue weighted by Crippen LogP contribution is 2.36. The number of anilines is 2. The minimum Gasteiger partial charge on any atom is -0.326 e. The Bertz CT molecular complexity index is 947. The summed E-state index contributed by atoms with van der Waals surface area (Å²) in [7, 11) is 0. The van der Waals surface area contributed by atoms with Crippen molar-refractivity contribution in [2.45, 2.75) is 36.3 Å². The molecule has 2 amide bonds. The minimum absolute atomic E-state index is 0.0242. The van der Waals surface area contributed by atoms with Gasteiger partial charge < -0.3 is 10.6 Å². The van der Waals surface area contributed by atoms with Gasteiger partial charge >= 0.3 is 0 Å². The van der Waals surface area contributed by atoms with Gasteiger partial charge in [0.1, 0.15) is 5.25 Å². The molecule has 6 heteroatoms. The highest BCUT2D eigenvalue weighted by molar-refractivity contribution is 8.00. The van der Waals surface area contributed by atoms with E-state index >= 15 is 0 Å². The number of unbranched alkanes of at least 4 members (excludes halogenated alkanes) is 1. The number of nitrogens with one attached hydrogen (secondary N) is 2. The summed E-state index contributed by atoms with van der Waals surface area (Å²) in [5.41, 5.74) is 2.39. The normalized spacial score (nSPS) is 11.5. The second-order valence-corrected chi connectivity index (χ2v) is 7.99. The molecular weight excluding hydrogens is 394 g/mol. The molecule has 0 aliphatic heterocycles. The molecule has 0 spiro atoms. The summed E-state index contributed by atoms with van der Waals surface area (Å²) >= 11 is 1.47. The standard InChI is InChI=1S/C24H25N3O2S/c1-2-3-9-22(28)26-19-10-12-21(13-11-19)30-23(18-7-5-4-6-8-18)24(29)27-20-14-16-25-17-15-20/h4-8,10-17,23H,2-3,9H2,1H3,(H,26,28)(H,25,27,29). The third-order valence-corrected chi connectivity index (χ3v) is 5.70. The van der Waals surface area contributed by atoms with E-state index in [0.717, 1.165) is 29.0 Å². The number of carbonyl (C=O) groups excluding carboxylic acids is 2. The summed E-state index contributed by atoms with van der Waals surface area (Å²) in [6, 6.07) is 20.8. The Balaban J connectivity index is 1.71. The van der Waals surface area contributed by atoms with Gasteiger partial charge in [-0.2, -0.15) is 0 Å². The zero-order valence-corrected chi connectivity index (χ0v) is 17.7. The number of aromatic nitrogens is 1. The number of thioether (sulfide) groups is 1. The van der Waals surface area contributed by atoms with Crippen LogP contribution in [0.5, 0.6) is 0 Å². The van der Waals surface area contributed by atoms with Crippen LogP contribution in [0.4, 0.5) is 11.4 Å². The van der Waals surface area contributed by atoms with Crippen LogP contribution < -0.4 is 10.6 Å². The molecule has 1 heterocycles. The van der Waals surface area contributed by atoms with Gasteiger partial charge in [-0.15, -0.1) is 11.8 Å². The van der Waals surface area contributed by atoms with Crippen molar-refractivity contribution >= 4 is 35.0 Å². The van der Waals surface area contributed by atoms with Gasteiger partial charge in [-0.1, -0.05) is 43.7 Å². The lowest BCUT2D eigenvalue weighted by Crippen LogP contribution is -2.19. The van der Waals surface area contributed by atoms with Gasteiger partial charge in [-0.3, -0.25) is 14.6 Å². The fraction of sp³-hybridized carbons (Fsp3) is 0.208. The summed E-state index contributed by atoms with van der Waals surface area (Å²) in [6.45, 7) is 2.06. The number of hydrogen-bond acceptors (Lipinski definition) is 4. The van der Waals surface area contributed by atoms with E-state index in [-0.39, 0.29) is 11.8 Å². The molecule has 0 saturated carbocycles. The molecule has 3 rings (SSSR count). The van der Waals surface area contributed by atoms with Crippen molar-refractivity contribution in [3.05, 3.63) is 84.7 Å². The van der Waals surface area contributed by atoms with Gasteiger partial charge in [0.05, 0.1) is 0 Å². The number of pyridine rings is 1. The number of nitrogens with zero attached hydrogens (tertiary/aromatic N) is 1. The number of rotatable bonds is 9. The zero-order chi connectivity index (χ0) is 21.2. The van der Waals surface area contributed by atoms with Crippen LogP contribution >= 0.6 is 11.8 Å². The summed E-state index contributed by atoms with van der Waals surface area (Å²) in [5, 5.41) is 5.46. The van der Waals surface area contributed by atoms with Crippen LogP contribution in [0.3, 0.4) is 0 Å². The Morgan fingerprint density at radius 2 is 1.57 bits per heavy atom. The zero-order valence-electron chi connectivity index (χ0n) is 16.9. The highest BCUT2D eigenvalue weighted by atomic mass is 32.2. The quantitative estimate of drug-likeness (QED) is 0.438. The third-order valence-electron chi connectivity index (χ3n) is 4.44. The Morgan fingerprint density at radius 1 is 0.900 bits per heavy atom. The SMILES string of the molecule is CCCCC(=O)Nc1ccc(SC(C(=O)Nc2ccncc2)c2ccccc2)cc1. The van der Waals surface area contributed by atoms with Crippen LogP contribution in [0.1, 0.15) is 37.0 Å². The number of amides is 2. The molecular formula is C24H25N3O2S. The van der Waals surface area contributed by atoms with E-state index in [1.54, 1.807) is 24.5 Å². The van der Waals surface area contributed by atoms with Gasteiger partial charge in [-0.05, 0) is 48.4 Å². The van der Waals surface area contributed by atoms with Gasteiger partial charge in [0.2, 0.25) is 11.8 Å². The molecule has 30 heavy (non-hydrogen) atoms.